The summed E-state index contributed by atoms with van der Waals surface area (Å²) in [5, 5.41) is 9.21. The van der Waals surface area contributed by atoms with E-state index in [0.717, 1.165) is 0 Å². The fraction of sp³-hybridized carbons (Fsp3) is 0.417. The normalized spacial score (nSPS) is 12.0. The molecule has 0 saturated heterocycles. The summed E-state index contributed by atoms with van der Waals surface area (Å²) in [5.74, 6) is 0.284. The van der Waals surface area contributed by atoms with Crippen LogP contribution < -0.4 is 4.74 Å². The molecule has 1 amide bonds. The third-order valence-electron chi connectivity index (χ3n) is 2.30. The van der Waals surface area contributed by atoms with Gasteiger partial charge in [-0.1, -0.05) is 23.7 Å². The number of rotatable bonds is 5. The number of hydrogen-bond acceptors (Lipinski definition) is 3. The highest BCUT2D eigenvalue weighted by atomic mass is 35.5. The Hall–Kier alpha value is -1.26. The van der Waals surface area contributed by atoms with Crippen molar-refractivity contribution in [3.8, 4) is 5.75 Å². The van der Waals surface area contributed by atoms with Crippen molar-refractivity contribution >= 4 is 17.5 Å². The Labute approximate surface area is 106 Å². The van der Waals surface area contributed by atoms with Gasteiger partial charge in [0.15, 0.2) is 6.10 Å². The number of para-hydroxylation sites is 1. The molecule has 0 aliphatic rings. The van der Waals surface area contributed by atoms with Gasteiger partial charge < -0.3 is 14.7 Å². The zero-order valence-electron chi connectivity index (χ0n) is 9.89. The minimum Gasteiger partial charge on any atom is -0.479 e. The Kier molecular flexibility index (Phi) is 5.25. The van der Waals surface area contributed by atoms with Gasteiger partial charge in [-0.15, -0.1) is 0 Å². The summed E-state index contributed by atoms with van der Waals surface area (Å²) >= 11 is 5.92. The zero-order chi connectivity index (χ0) is 12.8. The molecular formula is C12H16ClNO3. The molecule has 0 heterocycles. The van der Waals surface area contributed by atoms with Crippen LogP contribution in [0.25, 0.3) is 0 Å². The summed E-state index contributed by atoms with van der Waals surface area (Å²) in [6.45, 7) is 1.87. The lowest BCUT2D eigenvalue weighted by atomic mass is 10.3. The average molecular weight is 258 g/mol. The maximum atomic E-state index is 11.8. The van der Waals surface area contributed by atoms with Crippen LogP contribution in [0.4, 0.5) is 0 Å². The Morgan fingerprint density at radius 3 is 2.76 bits per heavy atom. The van der Waals surface area contributed by atoms with Crippen molar-refractivity contribution in [3.05, 3.63) is 29.3 Å². The van der Waals surface area contributed by atoms with Crippen molar-refractivity contribution < 1.29 is 14.6 Å². The molecule has 1 unspecified atom stereocenters. The molecule has 17 heavy (non-hydrogen) atoms. The quantitative estimate of drug-likeness (QED) is 0.871. The number of amides is 1. The van der Waals surface area contributed by atoms with Crippen molar-refractivity contribution in [3.63, 3.8) is 0 Å². The van der Waals surface area contributed by atoms with Crippen LogP contribution in [0.1, 0.15) is 6.92 Å². The summed E-state index contributed by atoms with van der Waals surface area (Å²) < 4.78 is 5.47. The summed E-state index contributed by atoms with van der Waals surface area (Å²) in [4.78, 5) is 13.2. The van der Waals surface area contributed by atoms with E-state index < -0.39 is 6.10 Å². The van der Waals surface area contributed by atoms with Gasteiger partial charge in [0, 0.05) is 13.6 Å². The molecule has 1 atom stereocenters. The minimum absolute atomic E-state index is 0.0684. The number of likely N-dealkylation sites (N-methyl/N-ethyl adjacent to an activating group) is 1. The van der Waals surface area contributed by atoms with E-state index in [0.29, 0.717) is 10.8 Å². The van der Waals surface area contributed by atoms with E-state index in [4.69, 9.17) is 21.4 Å². The van der Waals surface area contributed by atoms with Crippen LogP contribution in [0.5, 0.6) is 5.75 Å². The zero-order valence-corrected chi connectivity index (χ0v) is 10.6. The number of carbonyl (C=O) groups excluding carboxylic acids is 1. The lowest BCUT2D eigenvalue weighted by molar-refractivity contribution is -0.137. The van der Waals surface area contributed by atoms with Crippen LogP contribution in [0.15, 0.2) is 24.3 Å². The molecule has 0 fully saturated rings. The maximum Gasteiger partial charge on any atom is 0.263 e. The van der Waals surface area contributed by atoms with Gasteiger partial charge in [-0.2, -0.15) is 0 Å². The van der Waals surface area contributed by atoms with E-state index in [1.165, 1.54) is 4.90 Å². The first kappa shape index (κ1) is 13.8. The van der Waals surface area contributed by atoms with Crippen molar-refractivity contribution in [1.82, 2.24) is 4.90 Å². The molecule has 0 aliphatic carbocycles. The first-order chi connectivity index (χ1) is 8.06. The molecule has 0 bridgehead atoms. The predicted molar refractivity (Wildman–Crippen MR) is 66.3 cm³/mol. The molecule has 1 aromatic rings. The van der Waals surface area contributed by atoms with E-state index in [9.17, 15) is 4.79 Å². The van der Waals surface area contributed by atoms with E-state index in [2.05, 4.69) is 0 Å². The molecule has 4 nitrogen and oxygen atoms in total. The molecule has 94 valence electrons. The first-order valence-electron chi connectivity index (χ1n) is 5.33. The van der Waals surface area contributed by atoms with Crippen LogP contribution in [0, 0.1) is 0 Å². The van der Waals surface area contributed by atoms with E-state index in [-0.39, 0.29) is 19.1 Å². The van der Waals surface area contributed by atoms with E-state index >= 15 is 0 Å². The van der Waals surface area contributed by atoms with Gasteiger partial charge in [-0.25, -0.2) is 0 Å². The molecule has 1 rings (SSSR count). The first-order valence-corrected chi connectivity index (χ1v) is 5.71. The molecule has 0 radical (unpaired) electrons. The van der Waals surface area contributed by atoms with Crippen molar-refractivity contribution in [2.45, 2.75) is 13.0 Å². The van der Waals surface area contributed by atoms with Gasteiger partial charge in [-0.3, -0.25) is 4.79 Å². The van der Waals surface area contributed by atoms with Crippen molar-refractivity contribution in [2.24, 2.45) is 0 Å². The van der Waals surface area contributed by atoms with Crippen molar-refractivity contribution in [2.75, 3.05) is 20.2 Å². The molecule has 0 aliphatic heterocycles. The largest absolute Gasteiger partial charge is 0.479 e. The second-order valence-corrected chi connectivity index (χ2v) is 4.08. The van der Waals surface area contributed by atoms with Gasteiger partial charge in [0.1, 0.15) is 5.75 Å². The van der Waals surface area contributed by atoms with Crippen LogP contribution >= 0.6 is 11.6 Å². The number of aliphatic hydroxyl groups is 1. The van der Waals surface area contributed by atoms with Gasteiger partial charge >= 0.3 is 0 Å². The number of hydrogen-bond donors (Lipinski definition) is 1. The SMILES string of the molecule is CC(Oc1ccccc1Cl)C(=O)N(C)CCO. The molecule has 1 N–H and O–H groups in total. The van der Waals surface area contributed by atoms with E-state index in [1.54, 1.807) is 38.2 Å². The van der Waals surface area contributed by atoms with Gasteiger partial charge in [0.25, 0.3) is 5.91 Å². The monoisotopic (exact) mass is 257 g/mol. The van der Waals surface area contributed by atoms with Gasteiger partial charge in [-0.05, 0) is 19.1 Å². The number of halogens is 1. The lowest BCUT2D eigenvalue weighted by Crippen LogP contribution is -2.39. The highest BCUT2D eigenvalue weighted by Crippen LogP contribution is 2.24. The number of nitrogens with zero attached hydrogens (tertiary/aromatic N) is 1. The molecule has 5 heteroatoms. The fourth-order valence-corrected chi connectivity index (χ4v) is 1.53. The molecule has 1 aromatic carbocycles. The molecule has 0 aromatic heterocycles. The van der Waals surface area contributed by atoms with Crippen LogP contribution in [0.3, 0.4) is 0 Å². The Balaban J connectivity index is 2.63. The third-order valence-corrected chi connectivity index (χ3v) is 2.61. The number of aliphatic hydroxyl groups excluding tert-OH is 1. The van der Waals surface area contributed by atoms with E-state index in [1.807, 2.05) is 0 Å². The fourth-order valence-electron chi connectivity index (χ4n) is 1.35. The highest BCUT2D eigenvalue weighted by molar-refractivity contribution is 6.32. The van der Waals surface area contributed by atoms with Gasteiger partial charge in [0.2, 0.25) is 0 Å². The Morgan fingerprint density at radius 2 is 2.18 bits per heavy atom. The second-order valence-electron chi connectivity index (χ2n) is 3.67. The standard InChI is InChI=1S/C12H16ClNO3/c1-9(12(16)14(2)7-8-15)17-11-6-4-3-5-10(11)13/h3-6,9,15H,7-8H2,1-2H3. The van der Waals surface area contributed by atoms with Crippen LogP contribution in [0.2, 0.25) is 5.02 Å². The Bertz CT molecular complexity index is 384. The smallest absolute Gasteiger partial charge is 0.263 e. The number of ether oxygens (including phenoxy) is 1. The summed E-state index contributed by atoms with van der Waals surface area (Å²) in [6, 6.07) is 6.99. The average Bonchev–Trinajstić information content (AvgIpc) is 2.31. The topological polar surface area (TPSA) is 49.8 Å². The lowest BCUT2D eigenvalue weighted by Gasteiger charge is -2.21. The highest BCUT2D eigenvalue weighted by Gasteiger charge is 2.19. The molecular weight excluding hydrogens is 242 g/mol. The van der Waals surface area contributed by atoms with Gasteiger partial charge in [0.05, 0.1) is 11.6 Å². The second kappa shape index (κ2) is 6.47. The predicted octanol–water partition coefficient (Wildman–Crippen LogP) is 1.56. The third kappa shape index (κ3) is 3.91. The van der Waals surface area contributed by atoms with Crippen LogP contribution in [-0.4, -0.2) is 42.2 Å². The number of carbonyl (C=O) groups is 1. The molecule has 0 spiro atoms. The maximum absolute atomic E-state index is 11.8. The number of benzene rings is 1. The minimum atomic E-state index is -0.633. The molecule has 0 saturated carbocycles. The van der Waals surface area contributed by atoms with Crippen LogP contribution in [-0.2, 0) is 4.79 Å². The summed E-state index contributed by atoms with van der Waals surface area (Å²) in [5.41, 5.74) is 0. The Morgan fingerprint density at radius 1 is 1.53 bits per heavy atom. The summed E-state index contributed by atoms with van der Waals surface area (Å²) in [7, 11) is 1.62. The van der Waals surface area contributed by atoms with Crippen molar-refractivity contribution in [1.29, 1.82) is 0 Å². The summed E-state index contributed by atoms with van der Waals surface area (Å²) in [6.07, 6.45) is -0.633.